The maximum Gasteiger partial charge on any atom is 0.230 e. The second kappa shape index (κ2) is 5.91. The largest absolute Gasteiger partial charge is 0.331 e. The van der Waals surface area contributed by atoms with Gasteiger partial charge in [-0.25, -0.2) is 0 Å². The summed E-state index contributed by atoms with van der Waals surface area (Å²) in [4.78, 5) is 14.2. The Hall–Kier alpha value is -1.01. The average Bonchev–Trinajstić information content (AvgIpc) is 2.29. The molecule has 0 spiro atoms. The summed E-state index contributed by atoms with van der Waals surface area (Å²) in [5.41, 5.74) is -0.260. The lowest BCUT2D eigenvalue weighted by atomic mass is 9.81. The summed E-state index contributed by atoms with van der Waals surface area (Å²) in [7, 11) is 0. The Morgan fingerprint density at radius 2 is 2.38 bits per heavy atom. The molecule has 1 amide bonds. The fourth-order valence-electron chi connectivity index (χ4n) is 2.25. The molecular formula is C13H22N2O. The van der Waals surface area contributed by atoms with Crippen molar-refractivity contribution in [3.8, 4) is 12.3 Å². The molecule has 1 N–H and O–H groups in total. The molecular weight excluding hydrogens is 200 g/mol. The van der Waals surface area contributed by atoms with E-state index in [0.717, 1.165) is 38.9 Å². The van der Waals surface area contributed by atoms with E-state index in [9.17, 15) is 4.79 Å². The quantitative estimate of drug-likeness (QED) is 0.726. The number of nitrogens with one attached hydrogen (secondary N) is 1. The first-order chi connectivity index (χ1) is 7.64. The molecule has 1 heterocycles. The third-order valence-electron chi connectivity index (χ3n) is 3.18. The summed E-state index contributed by atoms with van der Waals surface area (Å²) >= 11 is 0. The lowest BCUT2D eigenvalue weighted by Gasteiger charge is -2.36. The van der Waals surface area contributed by atoms with Crippen molar-refractivity contribution in [1.29, 1.82) is 0 Å². The van der Waals surface area contributed by atoms with Gasteiger partial charge in [0.15, 0.2) is 0 Å². The van der Waals surface area contributed by atoms with E-state index in [-0.39, 0.29) is 11.3 Å². The number of nitrogens with zero attached hydrogens (tertiary/aromatic N) is 1. The molecule has 0 radical (unpaired) electrons. The van der Waals surface area contributed by atoms with Crippen molar-refractivity contribution >= 4 is 5.91 Å². The molecule has 0 aromatic rings. The second-order valence-corrected chi connectivity index (χ2v) is 4.77. The zero-order valence-electron chi connectivity index (χ0n) is 10.4. The molecule has 1 unspecified atom stereocenters. The number of rotatable bonds is 4. The van der Waals surface area contributed by atoms with E-state index in [4.69, 9.17) is 6.42 Å². The van der Waals surface area contributed by atoms with Gasteiger partial charge in [-0.1, -0.05) is 12.8 Å². The maximum absolute atomic E-state index is 12.4. The van der Waals surface area contributed by atoms with E-state index in [0.29, 0.717) is 6.54 Å². The van der Waals surface area contributed by atoms with E-state index in [1.54, 1.807) is 0 Å². The number of terminal acetylenes is 1. The first kappa shape index (κ1) is 13.1. The minimum absolute atomic E-state index is 0.208. The van der Waals surface area contributed by atoms with Gasteiger partial charge in [0.1, 0.15) is 0 Å². The van der Waals surface area contributed by atoms with Crippen LogP contribution in [0.3, 0.4) is 0 Å². The molecule has 1 rings (SSSR count). The van der Waals surface area contributed by atoms with Crippen LogP contribution in [0.1, 0.15) is 33.1 Å². The van der Waals surface area contributed by atoms with Crippen molar-refractivity contribution in [1.82, 2.24) is 10.2 Å². The normalized spacial score (nSPS) is 24.8. The van der Waals surface area contributed by atoms with Crippen LogP contribution in [0, 0.1) is 17.8 Å². The van der Waals surface area contributed by atoms with Gasteiger partial charge in [-0.15, -0.1) is 6.42 Å². The van der Waals surface area contributed by atoms with Gasteiger partial charge in [0, 0.05) is 13.1 Å². The van der Waals surface area contributed by atoms with Crippen LogP contribution in [0.2, 0.25) is 0 Å². The van der Waals surface area contributed by atoms with Gasteiger partial charge in [0.05, 0.1) is 12.0 Å². The monoisotopic (exact) mass is 222 g/mol. The molecule has 0 bridgehead atoms. The van der Waals surface area contributed by atoms with Crippen molar-refractivity contribution in [3.05, 3.63) is 0 Å². The van der Waals surface area contributed by atoms with Crippen LogP contribution in [0.4, 0.5) is 0 Å². The molecule has 1 saturated heterocycles. The van der Waals surface area contributed by atoms with Crippen LogP contribution in [0.25, 0.3) is 0 Å². The fraction of sp³-hybridized carbons (Fsp3) is 0.769. The van der Waals surface area contributed by atoms with E-state index in [1.165, 1.54) is 0 Å². The predicted octanol–water partition coefficient (Wildman–Crippen LogP) is 1.25. The Bertz CT molecular complexity index is 274. The summed E-state index contributed by atoms with van der Waals surface area (Å²) in [6.45, 7) is 7.10. The number of carbonyl (C=O) groups excluding carboxylic acids is 1. The van der Waals surface area contributed by atoms with Gasteiger partial charge in [0.25, 0.3) is 0 Å². The van der Waals surface area contributed by atoms with Crippen LogP contribution in [0.5, 0.6) is 0 Å². The second-order valence-electron chi connectivity index (χ2n) is 4.77. The zero-order chi connectivity index (χ0) is 12.0. The molecule has 0 aliphatic carbocycles. The Kier molecular flexibility index (Phi) is 4.82. The summed E-state index contributed by atoms with van der Waals surface area (Å²) in [5, 5.41) is 3.30. The van der Waals surface area contributed by atoms with Gasteiger partial charge in [-0.2, -0.15) is 0 Å². The molecule has 1 aliphatic heterocycles. The molecule has 0 saturated carbocycles. The van der Waals surface area contributed by atoms with Crippen molar-refractivity contribution in [3.63, 3.8) is 0 Å². The number of piperidine rings is 1. The molecule has 1 aliphatic rings. The van der Waals surface area contributed by atoms with Crippen LogP contribution < -0.4 is 5.32 Å². The zero-order valence-corrected chi connectivity index (χ0v) is 10.4. The van der Waals surface area contributed by atoms with Crippen molar-refractivity contribution < 1.29 is 4.79 Å². The van der Waals surface area contributed by atoms with E-state index in [1.807, 2.05) is 11.8 Å². The van der Waals surface area contributed by atoms with Crippen LogP contribution in [-0.4, -0.2) is 37.0 Å². The van der Waals surface area contributed by atoms with Crippen molar-refractivity contribution in [2.45, 2.75) is 33.1 Å². The predicted molar refractivity (Wildman–Crippen MR) is 65.9 cm³/mol. The highest BCUT2D eigenvalue weighted by molar-refractivity contribution is 5.83. The van der Waals surface area contributed by atoms with Crippen LogP contribution in [-0.2, 0) is 4.79 Å². The van der Waals surface area contributed by atoms with Crippen molar-refractivity contribution in [2.24, 2.45) is 5.41 Å². The van der Waals surface area contributed by atoms with Gasteiger partial charge < -0.3 is 10.2 Å². The summed E-state index contributed by atoms with van der Waals surface area (Å²) in [5.74, 6) is 2.78. The standard InChI is InChI=1S/C13H22N2O/c1-4-9-15(10-5-2)12(16)13(3)7-6-8-14-11-13/h1,14H,5-11H2,2-3H3. The number of amides is 1. The van der Waals surface area contributed by atoms with E-state index >= 15 is 0 Å². The fourth-order valence-corrected chi connectivity index (χ4v) is 2.25. The average molecular weight is 222 g/mol. The topological polar surface area (TPSA) is 32.3 Å². The Balaban J connectivity index is 2.68. The Morgan fingerprint density at radius 1 is 1.62 bits per heavy atom. The summed E-state index contributed by atoms with van der Waals surface area (Å²) in [6.07, 6.45) is 8.30. The number of hydrogen-bond donors (Lipinski definition) is 1. The maximum atomic E-state index is 12.4. The minimum atomic E-state index is -0.260. The minimum Gasteiger partial charge on any atom is -0.331 e. The SMILES string of the molecule is C#CCN(CCC)C(=O)C1(C)CCCNC1. The molecule has 0 aromatic carbocycles. The highest BCUT2D eigenvalue weighted by atomic mass is 16.2. The van der Waals surface area contributed by atoms with Gasteiger partial charge in [-0.3, -0.25) is 4.79 Å². The lowest BCUT2D eigenvalue weighted by Crippen LogP contribution is -2.50. The first-order valence-corrected chi connectivity index (χ1v) is 6.07. The third-order valence-corrected chi connectivity index (χ3v) is 3.18. The van der Waals surface area contributed by atoms with Gasteiger partial charge >= 0.3 is 0 Å². The smallest absolute Gasteiger partial charge is 0.230 e. The highest BCUT2D eigenvalue weighted by Gasteiger charge is 2.37. The van der Waals surface area contributed by atoms with Crippen LogP contribution >= 0.6 is 0 Å². The molecule has 0 aromatic heterocycles. The number of carbonyl (C=O) groups is 1. The Labute approximate surface area is 98.6 Å². The molecule has 3 heteroatoms. The summed E-state index contributed by atoms with van der Waals surface area (Å²) < 4.78 is 0. The third kappa shape index (κ3) is 2.99. The molecule has 1 fully saturated rings. The van der Waals surface area contributed by atoms with Gasteiger partial charge in [-0.05, 0) is 32.7 Å². The lowest BCUT2D eigenvalue weighted by molar-refractivity contribution is -0.141. The Morgan fingerprint density at radius 3 is 2.88 bits per heavy atom. The van der Waals surface area contributed by atoms with Gasteiger partial charge in [0.2, 0.25) is 5.91 Å². The molecule has 1 atom stereocenters. The molecule has 16 heavy (non-hydrogen) atoms. The van der Waals surface area contributed by atoms with E-state index in [2.05, 4.69) is 18.2 Å². The first-order valence-electron chi connectivity index (χ1n) is 6.07. The summed E-state index contributed by atoms with van der Waals surface area (Å²) in [6, 6.07) is 0. The van der Waals surface area contributed by atoms with E-state index < -0.39 is 0 Å². The number of hydrogen-bond acceptors (Lipinski definition) is 2. The molecule has 3 nitrogen and oxygen atoms in total. The highest BCUT2D eigenvalue weighted by Crippen LogP contribution is 2.27. The van der Waals surface area contributed by atoms with Crippen LogP contribution in [0.15, 0.2) is 0 Å². The molecule has 90 valence electrons. The van der Waals surface area contributed by atoms with Crippen molar-refractivity contribution in [2.75, 3.05) is 26.2 Å².